The number of Topliss-reactive ketones (excluding diaryl/α,β-unsaturated/α-hetero) is 1. The maximum absolute atomic E-state index is 12.3. The number of carbonyl (C=O) groups is 1. The van der Waals surface area contributed by atoms with Crippen LogP contribution in [0.15, 0.2) is 6.20 Å². The van der Waals surface area contributed by atoms with Crippen LogP contribution < -0.4 is 10.5 Å². The van der Waals surface area contributed by atoms with Gasteiger partial charge in [0, 0.05) is 7.05 Å². The molecule has 0 fully saturated rings. The number of nitrogens with zero attached hydrogens (tertiary/aromatic N) is 2. The van der Waals surface area contributed by atoms with Crippen LogP contribution in [0.4, 0.5) is 0 Å². The summed E-state index contributed by atoms with van der Waals surface area (Å²) in [4.78, 5) is 12.3. The van der Waals surface area contributed by atoms with Crippen LogP contribution in [-0.4, -0.2) is 28.2 Å². The zero-order valence-electron chi connectivity index (χ0n) is 10.3. The molecular formula is C11H19N3O2. The van der Waals surface area contributed by atoms with E-state index in [4.69, 9.17) is 10.5 Å². The van der Waals surface area contributed by atoms with Crippen molar-refractivity contribution >= 4 is 5.78 Å². The topological polar surface area (TPSA) is 70.1 Å². The fourth-order valence-corrected chi connectivity index (χ4v) is 1.63. The molecule has 1 heterocycles. The molecule has 0 atom stereocenters. The molecule has 90 valence electrons. The molecule has 0 aliphatic rings. The minimum atomic E-state index is -0.832. The lowest BCUT2D eigenvalue weighted by molar-refractivity contribution is 0.0866. The first kappa shape index (κ1) is 12.7. The van der Waals surface area contributed by atoms with E-state index in [1.54, 1.807) is 7.05 Å². The molecule has 0 aliphatic carbocycles. The summed E-state index contributed by atoms with van der Waals surface area (Å²) in [6.45, 7) is 3.81. The summed E-state index contributed by atoms with van der Waals surface area (Å²) in [5.41, 5.74) is 5.68. The number of methoxy groups -OCH3 is 1. The van der Waals surface area contributed by atoms with Crippen LogP contribution in [0.5, 0.6) is 5.75 Å². The van der Waals surface area contributed by atoms with Crippen molar-refractivity contribution in [2.75, 3.05) is 7.11 Å². The molecule has 5 nitrogen and oxygen atoms in total. The summed E-state index contributed by atoms with van der Waals surface area (Å²) >= 11 is 0. The Morgan fingerprint density at radius 3 is 2.56 bits per heavy atom. The van der Waals surface area contributed by atoms with Crippen LogP contribution >= 0.6 is 0 Å². The van der Waals surface area contributed by atoms with E-state index in [1.165, 1.54) is 18.0 Å². The second kappa shape index (κ2) is 4.65. The highest BCUT2D eigenvalue weighted by Crippen LogP contribution is 2.24. The van der Waals surface area contributed by atoms with Gasteiger partial charge < -0.3 is 10.5 Å². The quantitative estimate of drug-likeness (QED) is 0.762. The van der Waals surface area contributed by atoms with Gasteiger partial charge in [0.2, 0.25) is 5.78 Å². The Bertz CT molecular complexity index is 381. The highest BCUT2D eigenvalue weighted by atomic mass is 16.5. The molecule has 1 aromatic rings. The number of hydrogen-bond donors (Lipinski definition) is 1. The molecule has 16 heavy (non-hydrogen) atoms. The number of carbonyl (C=O) groups excluding carboxylic acids is 1. The minimum absolute atomic E-state index is 0.116. The molecule has 5 heteroatoms. The minimum Gasteiger partial charge on any atom is -0.493 e. The standard InChI is InChI=1S/C11H19N3O2/c1-5-11(12,6-2)10(15)9-8(16-4)7-13-14(9)3/h7H,5-6,12H2,1-4H3. The maximum Gasteiger partial charge on any atom is 0.204 e. The Morgan fingerprint density at radius 2 is 2.12 bits per heavy atom. The molecule has 2 N–H and O–H groups in total. The number of hydrogen-bond acceptors (Lipinski definition) is 4. The number of rotatable bonds is 5. The first-order valence-corrected chi connectivity index (χ1v) is 5.39. The Morgan fingerprint density at radius 1 is 1.56 bits per heavy atom. The van der Waals surface area contributed by atoms with Crippen molar-refractivity contribution in [3.8, 4) is 5.75 Å². The number of nitrogens with two attached hydrogens (primary N) is 1. The summed E-state index contributed by atoms with van der Waals surface area (Å²) in [5.74, 6) is 0.360. The van der Waals surface area contributed by atoms with Crippen molar-refractivity contribution in [1.29, 1.82) is 0 Å². The van der Waals surface area contributed by atoms with E-state index in [2.05, 4.69) is 5.10 Å². The van der Waals surface area contributed by atoms with E-state index in [1.807, 2.05) is 13.8 Å². The first-order valence-electron chi connectivity index (χ1n) is 5.39. The van der Waals surface area contributed by atoms with E-state index >= 15 is 0 Å². The highest BCUT2D eigenvalue weighted by molar-refractivity contribution is 6.03. The Kier molecular flexibility index (Phi) is 3.70. The average Bonchev–Trinajstić information content (AvgIpc) is 2.68. The predicted molar refractivity (Wildman–Crippen MR) is 61.6 cm³/mol. The van der Waals surface area contributed by atoms with Crippen molar-refractivity contribution in [3.05, 3.63) is 11.9 Å². The van der Waals surface area contributed by atoms with Crippen LogP contribution in [-0.2, 0) is 7.05 Å². The lowest BCUT2D eigenvalue weighted by atomic mass is 9.87. The Hall–Kier alpha value is -1.36. The number of ether oxygens (including phenoxy) is 1. The van der Waals surface area contributed by atoms with Gasteiger partial charge in [-0.05, 0) is 12.8 Å². The van der Waals surface area contributed by atoms with Gasteiger partial charge in [-0.2, -0.15) is 5.10 Å². The van der Waals surface area contributed by atoms with Crippen LogP contribution in [0, 0.1) is 0 Å². The van der Waals surface area contributed by atoms with Gasteiger partial charge >= 0.3 is 0 Å². The van der Waals surface area contributed by atoms with Gasteiger partial charge in [-0.25, -0.2) is 0 Å². The summed E-state index contributed by atoms with van der Waals surface area (Å²) < 4.78 is 6.62. The summed E-state index contributed by atoms with van der Waals surface area (Å²) in [5, 5.41) is 4.01. The van der Waals surface area contributed by atoms with Crippen LogP contribution in [0.3, 0.4) is 0 Å². The SMILES string of the molecule is CCC(N)(CC)C(=O)c1c(OC)cnn1C. The molecule has 0 saturated heterocycles. The molecule has 0 saturated carbocycles. The Balaban J connectivity index is 3.18. The Labute approximate surface area is 95.6 Å². The molecule has 0 aromatic carbocycles. The van der Waals surface area contributed by atoms with Gasteiger partial charge in [0.15, 0.2) is 5.75 Å². The molecule has 0 bridgehead atoms. The monoisotopic (exact) mass is 225 g/mol. The molecule has 0 radical (unpaired) electrons. The molecule has 1 rings (SSSR count). The van der Waals surface area contributed by atoms with Gasteiger partial charge in [-0.15, -0.1) is 0 Å². The highest BCUT2D eigenvalue weighted by Gasteiger charge is 2.34. The van der Waals surface area contributed by atoms with E-state index in [-0.39, 0.29) is 5.78 Å². The van der Waals surface area contributed by atoms with Gasteiger partial charge in [-0.1, -0.05) is 13.8 Å². The van der Waals surface area contributed by atoms with Crippen molar-refractivity contribution in [2.24, 2.45) is 12.8 Å². The van der Waals surface area contributed by atoms with Crippen LogP contribution in [0.25, 0.3) is 0 Å². The third-order valence-electron chi connectivity index (χ3n) is 3.05. The molecular weight excluding hydrogens is 206 g/mol. The van der Waals surface area contributed by atoms with Crippen molar-refractivity contribution in [2.45, 2.75) is 32.2 Å². The van der Waals surface area contributed by atoms with E-state index in [0.717, 1.165) is 0 Å². The van der Waals surface area contributed by atoms with E-state index in [9.17, 15) is 4.79 Å². The molecule has 0 spiro atoms. The fraction of sp³-hybridized carbons (Fsp3) is 0.636. The smallest absolute Gasteiger partial charge is 0.204 e. The van der Waals surface area contributed by atoms with E-state index in [0.29, 0.717) is 24.3 Å². The number of ketones is 1. The number of aromatic nitrogens is 2. The summed E-state index contributed by atoms with van der Waals surface area (Å²) in [6.07, 6.45) is 2.71. The third-order valence-corrected chi connectivity index (χ3v) is 3.05. The maximum atomic E-state index is 12.3. The van der Waals surface area contributed by atoms with Crippen molar-refractivity contribution in [1.82, 2.24) is 9.78 Å². The first-order chi connectivity index (χ1) is 7.50. The van der Waals surface area contributed by atoms with Gasteiger partial charge in [-0.3, -0.25) is 9.48 Å². The largest absolute Gasteiger partial charge is 0.493 e. The predicted octanol–water partition coefficient (Wildman–Crippen LogP) is 1.13. The van der Waals surface area contributed by atoms with Crippen molar-refractivity contribution < 1.29 is 9.53 Å². The van der Waals surface area contributed by atoms with Gasteiger partial charge in [0.25, 0.3) is 0 Å². The summed E-state index contributed by atoms with van der Waals surface area (Å²) in [6, 6.07) is 0. The zero-order chi connectivity index (χ0) is 12.3. The van der Waals surface area contributed by atoms with Crippen molar-refractivity contribution in [3.63, 3.8) is 0 Å². The lowest BCUT2D eigenvalue weighted by Gasteiger charge is -2.24. The van der Waals surface area contributed by atoms with Crippen LogP contribution in [0.1, 0.15) is 37.2 Å². The number of aryl methyl sites for hydroxylation is 1. The molecule has 1 aromatic heterocycles. The average molecular weight is 225 g/mol. The van der Waals surface area contributed by atoms with Gasteiger partial charge in [0.05, 0.1) is 18.8 Å². The summed E-state index contributed by atoms with van der Waals surface area (Å²) in [7, 11) is 3.23. The fourth-order valence-electron chi connectivity index (χ4n) is 1.63. The lowest BCUT2D eigenvalue weighted by Crippen LogP contribution is -2.47. The van der Waals surface area contributed by atoms with Crippen LogP contribution in [0.2, 0.25) is 0 Å². The molecule has 0 unspecified atom stereocenters. The second-order valence-electron chi connectivity index (χ2n) is 3.88. The molecule has 0 aliphatic heterocycles. The molecule has 0 amide bonds. The normalized spacial score (nSPS) is 11.6. The van der Waals surface area contributed by atoms with Gasteiger partial charge in [0.1, 0.15) is 5.69 Å². The zero-order valence-corrected chi connectivity index (χ0v) is 10.3. The third kappa shape index (κ3) is 1.95. The second-order valence-corrected chi connectivity index (χ2v) is 3.88. The van der Waals surface area contributed by atoms with E-state index < -0.39 is 5.54 Å².